The van der Waals surface area contributed by atoms with E-state index in [0.29, 0.717) is 6.42 Å². The Labute approximate surface area is 237 Å². The molecule has 0 bridgehead atoms. The summed E-state index contributed by atoms with van der Waals surface area (Å²) in [6.07, 6.45) is -1.06. The first-order chi connectivity index (χ1) is 17.8. The molecule has 3 amide bonds. The molecule has 2 atom stereocenters. The van der Waals surface area contributed by atoms with Gasteiger partial charge in [-0.3, -0.25) is 19.4 Å². The number of nitrogens with one attached hydrogen (secondary N) is 1. The van der Waals surface area contributed by atoms with Crippen molar-refractivity contribution in [1.82, 2.24) is 10.2 Å². The summed E-state index contributed by atoms with van der Waals surface area (Å²) in [6, 6.07) is 8.17. The molecule has 2 aromatic carbocycles. The fourth-order valence-corrected chi connectivity index (χ4v) is 5.43. The molecular weight excluding hydrogens is 555 g/mol. The van der Waals surface area contributed by atoms with E-state index in [4.69, 9.17) is 16.3 Å². The van der Waals surface area contributed by atoms with Crippen LogP contribution in [0.25, 0.3) is 0 Å². The lowest BCUT2D eigenvalue weighted by atomic mass is 9.87. The summed E-state index contributed by atoms with van der Waals surface area (Å²) >= 11 is 6.47. The third kappa shape index (κ3) is 6.30. The van der Waals surface area contributed by atoms with Crippen LogP contribution < -0.4 is 10.2 Å². The van der Waals surface area contributed by atoms with Crippen LogP contribution in [0.3, 0.4) is 0 Å². The van der Waals surface area contributed by atoms with Gasteiger partial charge in [-0.2, -0.15) is 13.5 Å². The predicted octanol–water partition coefficient (Wildman–Crippen LogP) is 5.59. The lowest BCUT2D eigenvalue weighted by Gasteiger charge is -2.40. The van der Waals surface area contributed by atoms with Gasteiger partial charge in [0.2, 0.25) is 5.91 Å². The molecule has 1 N–H and O–H groups in total. The van der Waals surface area contributed by atoms with Crippen molar-refractivity contribution < 1.29 is 32.3 Å². The number of carbonyl (C=O) groups is 3. The van der Waals surface area contributed by atoms with Gasteiger partial charge in [0.1, 0.15) is 17.9 Å². The summed E-state index contributed by atoms with van der Waals surface area (Å²) in [4.78, 5) is 43.2. The molecule has 1 heterocycles. The number of ether oxygens (including phenoxy) is 1. The highest BCUT2D eigenvalue weighted by atomic mass is 35.5. The fraction of sp³-hybridized carbons (Fsp3) is 0.444. The van der Waals surface area contributed by atoms with Gasteiger partial charge in [0.15, 0.2) is 0 Å². The van der Waals surface area contributed by atoms with Crippen molar-refractivity contribution in [1.29, 1.82) is 0 Å². The number of anilines is 1. The number of amides is 3. The molecule has 1 aliphatic heterocycles. The summed E-state index contributed by atoms with van der Waals surface area (Å²) in [6.45, 7) is 3.58. The lowest BCUT2D eigenvalue weighted by Crippen LogP contribution is -2.57. The fourth-order valence-electron chi connectivity index (χ4n) is 5.20. The summed E-state index contributed by atoms with van der Waals surface area (Å²) in [5.74, 6) is -4.95. The number of halogens is 4. The van der Waals surface area contributed by atoms with Crippen LogP contribution >= 0.6 is 25.1 Å². The zero-order valence-electron chi connectivity index (χ0n) is 21.7. The molecule has 0 spiro atoms. The largest absolute Gasteiger partial charge is 0.453 e. The predicted molar refractivity (Wildman–Crippen MR) is 146 cm³/mol. The van der Waals surface area contributed by atoms with Gasteiger partial charge < -0.3 is 10.1 Å². The van der Waals surface area contributed by atoms with Crippen LogP contribution in [0, 0.1) is 5.82 Å². The van der Waals surface area contributed by atoms with Crippen molar-refractivity contribution in [3.63, 3.8) is 0 Å². The zero-order valence-corrected chi connectivity index (χ0v) is 23.5. The van der Waals surface area contributed by atoms with E-state index in [0.717, 1.165) is 11.0 Å². The molecule has 39 heavy (non-hydrogen) atoms. The Morgan fingerprint density at radius 2 is 1.79 bits per heavy atom. The van der Waals surface area contributed by atoms with Crippen LogP contribution in [-0.2, 0) is 14.3 Å². The third-order valence-corrected chi connectivity index (χ3v) is 7.46. The molecule has 2 aliphatic rings. The summed E-state index contributed by atoms with van der Waals surface area (Å²) in [7, 11) is 1.21. The molecule has 2 aromatic rings. The third-order valence-electron chi connectivity index (χ3n) is 7.12. The molecule has 12 heteroatoms. The number of alkyl halides is 2. The molecule has 212 valence electrons. The average Bonchev–Trinajstić information content (AvgIpc) is 3.15. The van der Waals surface area contributed by atoms with E-state index in [1.54, 1.807) is 26.0 Å². The maximum absolute atomic E-state index is 14.4. The van der Waals surface area contributed by atoms with Crippen molar-refractivity contribution in [3.05, 3.63) is 64.9 Å². The van der Waals surface area contributed by atoms with Gasteiger partial charge in [-0.15, -0.1) is 0 Å². The number of likely N-dealkylation sites (tertiary alicyclic amines) is 1. The minimum Gasteiger partial charge on any atom is -0.453 e. The Morgan fingerprint density at radius 3 is 2.38 bits per heavy atom. The molecular formula is C27H31ClF3N3O4S. The standard InChI is InChI=1S/C27H29ClF3N3O4.H2S/c1-26(2)12-11-21(34(26)25(37)38-3)24(36)33(18-8-6-7-16(29)13-18)22(19-9-4-5-10-20(19)28)23(35)32-17-14-27(30,31)15-17;/h4-10,13,17,21-22H,11-12,14-15H2,1-3H3,(H,32,35);1H2/t21-,22-;/m0./s1. The Hall–Kier alpha value is -2.92. The van der Waals surface area contributed by atoms with E-state index in [1.807, 2.05) is 0 Å². The molecule has 1 saturated carbocycles. The van der Waals surface area contributed by atoms with Gasteiger partial charge in [-0.25, -0.2) is 18.0 Å². The highest BCUT2D eigenvalue weighted by molar-refractivity contribution is 7.59. The Bertz CT molecular complexity index is 1240. The Balaban J connectivity index is 0.00000420. The number of hydrogen-bond acceptors (Lipinski definition) is 4. The lowest BCUT2D eigenvalue weighted by molar-refractivity contribution is -0.133. The molecule has 2 fully saturated rings. The SMILES string of the molecule is COC(=O)N1[C@H](C(=O)N(c2cccc(F)c2)[C@H](C(=O)NC2CC(F)(F)C2)c2ccccc2Cl)CCC1(C)C.S. The second-order valence-electron chi connectivity index (χ2n) is 10.3. The maximum atomic E-state index is 14.4. The monoisotopic (exact) mass is 585 g/mol. The molecule has 0 aromatic heterocycles. The van der Waals surface area contributed by atoms with Crippen LogP contribution in [-0.4, -0.2) is 53.5 Å². The average molecular weight is 586 g/mol. The van der Waals surface area contributed by atoms with E-state index in [-0.39, 0.29) is 36.2 Å². The quantitative estimate of drug-likeness (QED) is 0.479. The molecule has 0 unspecified atom stereocenters. The Kier molecular flexibility index (Phi) is 9.16. The number of nitrogens with zero attached hydrogens (tertiary/aromatic N) is 2. The van der Waals surface area contributed by atoms with Crippen LogP contribution in [0.1, 0.15) is 51.1 Å². The second-order valence-corrected chi connectivity index (χ2v) is 10.7. The van der Waals surface area contributed by atoms with Crippen LogP contribution in [0.5, 0.6) is 0 Å². The van der Waals surface area contributed by atoms with E-state index >= 15 is 0 Å². The molecule has 7 nitrogen and oxygen atoms in total. The normalized spacial score (nSPS) is 20.3. The van der Waals surface area contributed by atoms with Gasteiger partial charge in [0, 0.05) is 40.7 Å². The summed E-state index contributed by atoms with van der Waals surface area (Å²) < 4.78 is 46.4. The van der Waals surface area contributed by atoms with Crippen molar-refractivity contribution in [2.75, 3.05) is 12.0 Å². The number of rotatable bonds is 6. The van der Waals surface area contributed by atoms with E-state index in [9.17, 15) is 27.6 Å². The minimum atomic E-state index is -2.88. The van der Waals surface area contributed by atoms with Crippen molar-refractivity contribution >= 4 is 48.7 Å². The second kappa shape index (κ2) is 11.7. The first kappa shape index (κ1) is 30.6. The van der Waals surface area contributed by atoms with Crippen LogP contribution in [0.2, 0.25) is 5.02 Å². The number of carbonyl (C=O) groups excluding carboxylic acids is 3. The summed E-state index contributed by atoms with van der Waals surface area (Å²) in [5, 5.41) is 2.75. The van der Waals surface area contributed by atoms with E-state index in [1.165, 1.54) is 42.3 Å². The first-order valence-corrected chi connectivity index (χ1v) is 12.6. The van der Waals surface area contributed by atoms with Crippen LogP contribution in [0.4, 0.5) is 23.7 Å². The van der Waals surface area contributed by atoms with Crippen LogP contribution in [0.15, 0.2) is 48.5 Å². The maximum Gasteiger partial charge on any atom is 0.410 e. The van der Waals surface area contributed by atoms with E-state index in [2.05, 4.69) is 5.32 Å². The van der Waals surface area contributed by atoms with Crippen molar-refractivity contribution in [3.8, 4) is 0 Å². The van der Waals surface area contributed by atoms with Crippen molar-refractivity contribution in [2.24, 2.45) is 0 Å². The summed E-state index contributed by atoms with van der Waals surface area (Å²) in [5.41, 5.74) is -0.471. The van der Waals surface area contributed by atoms with Gasteiger partial charge in [0.25, 0.3) is 11.8 Å². The van der Waals surface area contributed by atoms with Gasteiger partial charge >= 0.3 is 6.09 Å². The number of methoxy groups -OCH3 is 1. The van der Waals surface area contributed by atoms with Gasteiger partial charge in [-0.05, 0) is 51.0 Å². The topological polar surface area (TPSA) is 79.0 Å². The van der Waals surface area contributed by atoms with Gasteiger partial charge in [0.05, 0.1) is 7.11 Å². The highest BCUT2D eigenvalue weighted by Crippen LogP contribution is 2.41. The smallest absolute Gasteiger partial charge is 0.410 e. The molecule has 1 aliphatic carbocycles. The first-order valence-electron chi connectivity index (χ1n) is 12.2. The van der Waals surface area contributed by atoms with Crippen molar-refractivity contribution in [2.45, 2.75) is 69.1 Å². The minimum absolute atomic E-state index is 0. The molecule has 1 saturated heterocycles. The highest BCUT2D eigenvalue weighted by Gasteiger charge is 2.51. The number of hydrogen-bond donors (Lipinski definition) is 1. The number of benzene rings is 2. The zero-order chi connectivity index (χ0) is 27.8. The van der Waals surface area contributed by atoms with E-state index < -0.39 is 66.2 Å². The molecule has 0 radical (unpaired) electrons. The Morgan fingerprint density at radius 1 is 1.13 bits per heavy atom. The molecule has 4 rings (SSSR count). The van der Waals surface area contributed by atoms with Gasteiger partial charge in [-0.1, -0.05) is 35.9 Å².